The Balaban J connectivity index is 0.000000485. The highest BCUT2D eigenvalue weighted by molar-refractivity contribution is 6.01. The van der Waals surface area contributed by atoms with Crippen molar-refractivity contribution in [1.29, 1.82) is 0 Å². The summed E-state index contributed by atoms with van der Waals surface area (Å²) in [6.45, 7) is 7.87. The first-order chi connectivity index (χ1) is 12.2. The number of benzene rings is 1. The average molecular weight is 366 g/mol. The molecule has 0 unspecified atom stereocenters. The van der Waals surface area contributed by atoms with E-state index >= 15 is 0 Å². The van der Waals surface area contributed by atoms with Crippen molar-refractivity contribution >= 4 is 23.9 Å². The summed E-state index contributed by atoms with van der Waals surface area (Å²) >= 11 is 0. The van der Waals surface area contributed by atoms with Crippen LogP contribution in [-0.2, 0) is 19.1 Å². The van der Waals surface area contributed by atoms with E-state index < -0.39 is 23.9 Å². The number of aromatic carboxylic acids is 2. The van der Waals surface area contributed by atoms with Gasteiger partial charge in [-0.05, 0) is 32.4 Å². The summed E-state index contributed by atoms with van der Waals surface area (Å²) in [6, 6.07) is 5.48. The lowest BCUT2D eigenvalue weighted by Crippen LogP contribution is -2.13. The standard InChI is InChI=1S/C10H16O4.C8H6O4/c1-4-13-7-5-6-9(11)14-10(12)8(2)3;9-7(10)5-3-1-2-4-6(5)8(11)12/h2,4-7H2,1,3H3;1-4H,(H,9,10)(H,11,12). The van der Waals surface area contributed by atoms with E-state index in [-0.39, 0.29) is 23.1 Å². The van der Waals surface area contributed by atoms with Gasteiger partial charge in [-0.1, -0.05) is 18.7 Å². The molecule has 8 heteroatoms. The Hall–Kier alpha value is -3.00. The van der Waals surface area contributed by atoms with Crippen LogP contribution in [0.5, 0.6) is 0 Å². The molecule has 0 amide bonds. The van der Waals surface area contributed by atoms with Crippen LogP contribution in [0.1, 0.15) is 47.4 Å². The van der Waals surface area contributed by atoms with Crippen molar-refractivity contribution in [1.82, 2.24) is 0 Å². The van der Waals surface area contributed by atoms with Gasteiger partial charge in [0.1, 0.15) is 0 Å². The maximum atomic E-state index is 11.0. The lowest BCUT2D eigenvalue weighted by molar-refractivity contribution is -0.157. The van der Waals surface area contributed by atoms with E-state index in [9.17, 15) is 19.2 Å². The zero-order chi connectivity index (χ0) is 20.1. The van der Waals surface area contributed by atoms with Crippen molar-refractivity contribution < 1.29 is 38.9 Å². The van der Waals surface area contributed by atoms with Gasteiger partial charge in [-0.25, -0.2) is 14.4 Å². The third kappa shape index (κ3) is 9.33. The van der Waals surface area contributed by atoms with Crippen LogP contribution in [0.3, 0.4) is 0 Å². The molecule has 1 rings (SSSR count). The highest BCUT2D eigenvalue weighted by atomic mass is 16.6. The number of hydrogen-bond donors (Lipinski definition) is 2. The normalized spacial score (nSPS) is 9.46. The van der Waals surface area contributed by atoms with Crippen LogP contribution in [-0.4, -0.2) is 47.3 Å². The molecule has 8 nitrogen and oxygen atoms in total. The molecule has 1 aromatic carbocycles. The molecular weight excluding hydrogens is 344 g/mol. The summed E-state index contributed by atoms with van der Waals surface area (Å²) in [5.41, 5.74) is -0.154. The topological polar surface area (TPSA) is 127 Å². The fourth-order valence-electron chi connectivity index (χ4n) is 1.56. The zero-order valence-electron chi connectivity index (χ0n) is 14.7. The van der Waals surface area contributed by atoms with Crippen LogP contribution in [0.15, 0.2) is 36.4 Å². The predicted octanol–water partition coefficient (Wildman–Crippen LogP) is 2.53. The summed E-state index contributed by atoms with van der Waals surface area (Å²) in [5.74, 6) is -3.65. The van der Waals surface area contributed by atoms with Crippen LogP contribution in [0.4, 0.5) is 0 Å². The van der Waals surface area contributed by atoms with Gasteiger partial charge in [0.15, 0.2) is 0 Å². The van der Waals surface area contributed by atoms with Gasteiger partial charge in [0, 0.05) is 25.2 Å². The molecule has 0 aliphatic heterocycles. The van der Waals surface area contributed by atoms with E-state index in [1.54, 1.807) is 0 Å². The largest absolute Gasteiger partial charge is 0.478 e. The molecule has 0 saturated carbocycles. The molecular formula is C18H22O8. The Morgan fingerprint density at radius 2 is 1.54 bits per heavy atom. The number of carboxylic acid groups (broad SMARTS) is 2. The lowest BCUT2D eigenvalue weighted by atomic mass is 10.1. The molecule has 26 heavy (non-hydrogen) atoms. The maximum absolute atomic E-state index is 11.0. The molecule has 0 atom stereocenters. The Labute approximate surface area is 151 Å². The molecule has 1 aromatic rings. The van der Waals surface area contributed by atoms with Gasteiger partial charge in [-0.15, -0.1) is 0 Å². The van der Waals surface area contributed by atoms with Crippen LogP contribution in [0, 0.1) is 0 Å². The molecule has 0 aliphatic carbocycles. The average Bonchev–Trinajstić information content (AvgIpc) is 2.59. The summed E-state index contributed by atoms with van der Waals surface area (Å²) in [6.07, 6.45) is 0.759. The van der Waals surface area contributed by atoms with Crippen LogP contribution in [0.25, 0.3) is 0 Å². The van der Waals surface area contributed by atoms with E-state index in [4.69, 9.17) is 14.9 Å². The first kappa shape index (κ1) is 23.0. The van der Waals surface area contributed by atoms with Gasteiger partial charge in [0.05, 0.1) is 11.1 Å². The molecule has 142 valence electrons. The van der Waals surface area contributed by atoms with Gasteiger partial charge in [-0.2, -0.15) is 0 Å². The molecule has 0 radical (unpaired) electrons. The second-order valence-electron chi connectivity index (χ2n) is 5.00. The second kappa shape index (κ2) is 12.4. The van der Waals surface area contributed by atoms with Crippen molar-refractivity contribution in [3.05, 3.63) is 47.5 Å². The zero-order valence-corrected chi connectivity index (χ0v) is 14.7. The van der Waals surface area contributed by atoms with Crippen LogP contribution in [0.2, 0.25) is 0 Å². The number of ether oxygens (including phenoxy) is 2. The lowest BCUT2D eigenvalue weighted by Gasteiger charge is -2.02. The number of rotatable bonds is 8. The number of carboxylic acids is 2. The molecule has 0 aromatic heterocycles. The van der Waals surface area contributed by atoms with E-state index in [1.165, 1.54) is 31.2 Å². The number of carbonyl (C=O) groups excluding carboxylic acids is 2. The summed E-state index contributed by atoms with van der Waals surface area (Å²) in [7, 11) is 0. The van der Waals surface area contributed by atoms with Crippen molar-refractivity contribution in [2.45, 2.75) is 26.7 Å². The number of carbonyl (C=O) groups is 4. The van der Waals surface area contributed by atoms with Gasteiger partial charge in [0.2, 0.25) is 0 Å². The molecule has 0 bridgehead atoms. The van der Waals surface area contributed by atoms with E-state index in [1.807, 2.05) is 6.92 Å². The fourth-order valence-corrected chi connectivity index (χ4v) is 1.56. The quantitative estimate of drug-likeness (QED) is 0.311. The van der Waals surface area contributed by atoms with E-state index in [2.05, 4.69) is 11.3 Å². The molecule has 0 aliphatic rings. The number of esters is 2. The smallest absolute Gasteiger partial charge is 0.340 e. The van der Waals surface area contributed by atoms with Gasteiger partial charge in [0.25, 0.3) is 0 Å². The highest BCUT2D eigenvalue weighted by Gasteiger charge is 2.13. The predicted molar refractivity (Wildman–Crippen MR) is 92.0 cm³/mol. The molecule has 0 fully saturated rings. The SMILES string of the molecule is C=C(C)C(=O)OC(=O)CCCOCC.O=C(O)c1ccccc1C(=O)O. The summed E-state index contributed by atoms with van der Waals surface area (Å²) in [5, 5.41) is 17.1. The van der Waals surface area contributed by atoms with Crippen molar-refractivity contribution in [2.75, 3.05) is 13.2 Å². The molecule has 0 saturated heterocycles. The van der Waals surface area contributed by atoms with Gasteiger partial charge < -0.3 is 19.7 Å². The van der Waals surface area contributed by atoms with Crippen molar-refractivity contribution in [2.24, 2.45) is 0 Å². The van der Waals surface area contributed by atoms with Crippen molar-refractivity contribution in [3.63, 3.8) is 0 Å². The third-order valence-electron chi connectivity index (χ3n) is 2.82. The fraction of sp³-hybridized carbons (Fsp3) is 0.333. The summed E-state index contributed by atoms with van der Waals surface area (Å²) < 4.78 is 9.49. The minimum absolute atomic E-state index is 0.190. The Kier molecular flexibility index (Phi) is 10.9. The molecule has 2 N–H and O–H groups in total. The first-order valence-electron chi connectivity index (χ1n) is 7.74. The Morgan fingerprint density at radius 3 is 1.92 bits per heavy atom. The molecule has 0 heterocycles. The van der Waals surface area contributed by atoms with Gasteiger partial charge in [-0.3, -0.25) is 4.79 Å². The third-order valence-corrected chi connectivity index (χ3v) is 2.82. The Morgan fingerprint density at radius 1 is 1.04 bits per heavy atom. The minimum Gasteiger partial charge on any atom is -0.478 e. The van der Waals surface area contributed by atoms with Crippen molar-refractivity contribution in [3.8, 4) is 0 Å². The minimum atomic E-state index is -1.23. The summed E-state index contributed by atoms with van der Waals surface area (Å²) in [4.78, 5) is 42.8. The Bertz CT molecular complexity index is 630. The van der Waals surface area contributed by atoms with E-state index in [0.29, 0.717) is 19.6 Å². The number of hydrogen-bond acceptors (Lipinski definition) is 6. The van der Waals surface area contributed by atoms with E-state index in [0.717, 1.165) is 0 Å². The van der Waals surface area contributed by atoms with Gasteiger partial charge >= 0.3 is 23.9 Å². The monoisotopic (exact) mass is 366 g/mol. The molecule has 0 spiro atoms. The second-order valence-corrected chi connectivity index (χ2v) is 5.00. The van der Waals surface area contributed by atoms with Crippen LogP contribution < -0.4 is 0 Å². The first-order valence-corrected chi connectivity index (χ1v) is 7.74. The highest BCUT2D eigenvalue weighted by Crippen LogP contribution is 2.07. The maximum Gasteiger partial charge on any atom is 0.340 e. The van der Waals surface area contributed by atoms with Crippen LogP contribution >= 0.6 is 0 Å².